The summed E-state index contributed by atoms with van der Waals surface area (Å²) in [6.45, 7) is -0.0340. The molecule has 0 rings (SSSR count). The Morgan fingerprint density at radius 2 is 2.14 bits per heavy atom. The first-order valence-corrected chi connectivity index (χ1v) is 1.79. The summed E-state index contributed by atoms with van der Waals surface area (Å²) >= 11 is 0. The van der Waals surface area contributed by atoms with Crippen LogP contribution in [-0.2, 0) is 4.84 Å². The molecule has 0 bridgehead atoms. The summed E-state index contributed by atoms with van der Waals surface area (Å²) in [6.07, 6.45) is 0.399. The molecule has 0 aromatic heterocycles. The van der Waals surface area contributed by atoms with Gasteiger partial charge in [0.1, 0.15) is 0 Å². The van der Waals surface area contributed by atoms with E-state index < -0.39 is 0 Å². The van der Waals surface area contributed by atoms with Gasteiger partial charge in [-0.1, -0.05) is 0 Å². The van der Waals surface area contributed by atoms with Crippen LogP contribution in [-0.4, -0.2) is 13.3 Å². The van der Waals surface area contributed by atoms with Crippen molar-refractivity contribution in [1.29, 1.82) is 0 Å². The van der Waals surface area contributed by atoms with Gasteiger partial charge in [0, 0.05) is 6.42 Å². The zero-order chi connectivity index (χ0) is 4.83. The van der Waals surface area contributed by atoms with Crippen LogP contribution in [0, 0.1) is 0 Å². The second kappa shape index (κ2) is 9.46. The lowest BCUT2D eigenvalue weighted by Gasteiger charge is -1.87. The van der Waals surface area contributed by atoms with Crippen LogP contribution < -0.4 is 5.90 Å². The molecule has 0 amide bonds. The van der Waals surface area contributed by atoms with E-state index in [0.717, 1.165) is 0 Å². The van der Waals surface area contributed by atoms with Crippen molar-refractivity contribution in [3.8, 4) is 0 Å². The van der Waals surface area contributed by atoms with Gasteiger partial charge in [-0.25, -0.2) is 5.90 Å². The first-order chi connectivity index (χ1) is 2.91. The molecule has 0 atom stereocenters. The second-order valence-corrected chi connectivity index (χ2v) is 0.913. The van der Waals surface area contributed by atoms with Crippen LogP contribution in [0.4, 0.5) is 4.39 Å². The van der Waals surface area contributed by atoms with E-state index in [1.807, 2.05) is 0 Å². The van der Waals surface area contributed by atoms with Crippen molar-refractivity contribution in [2.45, 2.75) is 6.42 Å². The van der Waals surface area contributed by atoms with Gasteiger partial charge >= 0.3 is 0 Å². The third kappa shape index (κ3) is 10.7. The molecule has 2 nitrogen and oxygen atoms in total. The molecule has 46 valence electrons. The van der Waals surface area contributed by atoms with Crippen molar-refractivity contribution in [2.24, 2.45) is 5.90 Å². The Labute approximate surface area is 48.2 Å². The van der Waals surface area contributed by atoms with E-state index in [4.69, 9.17) is 0 Å². The fourth-order valence-corrected chi connectivity index (χ4v) is 0.138. The molecular formula is C3H9ClFNO. The lowest BCUT2D eigenvalue weighted by atomic mass is 10.5. The monoisotopic (exact) mass is 129 g/mol. The molecular weight excluding hydrogens is 120 g/mol. The van der Waals surface area contributed by atoms with Gasteiger partial charge in [-0.3, -0.25) is 4.39 Å². The molecule has 0 heterocycles. The summed E-state index contributed by atoms with van der Waals surface area (Å²) in [4.78, 5) is 4.04. The Morgan fingerprint density at radius 3 is 2.29 bits per heavy atom. The van der Waals surface area contributed by atoms with Crippen molar-refractivity contribution < 1.29 is 9.23 Å². The Kier molecular flexibility index (Phi) is 13.8. The lowest BCUT2D eigenvalue weighted by molar-refractivity contribution is 0.130. The van der Waals surface area contributed by atoms with E-state index in [-0.39, 0.29) is 19.1 Å². The van der Waals surface area contributed by atoms with Crippen LogP contribution in [0.3, 0.4) is 0 Å². The molecule has 0 spiro atoms. The number of hydrogen-bond acceptors (Lipinski definition) is 2. The molecule has 0 aliphatic rings. The molecule has 4 heteroatoms. The number of alkyl halides is 1. The second-order valence-electron chi connectivity index (χ2n) is 0.913. The molecule has 0 aromatic carbocycles. The minimum Gasteiger partial charge on any atom is -0.305 e. The lowest BCUT2D eigenvalue weighted by Crippen LogP contribution is -2.00. The molecule has 0 saturated heterocycles. The van der Waals surface area contributed by atoms with Crippen LogP contribution in [0.2, 0.25) is 0 Å². The Bertz CT molecular complexity index is 26.9. The van der Waals surface area contributed by atoms with Crippen molar-refractivity contribution in [3.63, 3.8) is 0 Å². The summed E-state index contributed by atoms with van der Waals surface area (Å²) in [7, 11) is 0. The van der Waals surface area contributed by atoms with E-state index >= 15 is 0 Å². The normalized spacial score (nSPS) is 7.71. The van der Waals surface area contributed by atoms with Gasteiger partial charge in [-0.15, -0.1) is 12.4 Å². The van der Waals surface area contributed by atoms with E-state index in [1.54, 1.807) is 0 Å². The van der Waals surface area contributed by atoms with Gasteiger partial charge in [-0.05, 0) is 0 Å². The maximum absolute atomic E-state index is 11.0. The highest BCUT2D eigenvalue weighted by Gasteiger charge is 1.78. The zero-order valence-electron chi connectivity index (χ0n) is 3.89. The third-order valence-corrected chi connectivity index (χ3v) is 0.396. The highest BCUT2D eigenvalue weighted by atomic mass is 35.5. The van der Waals surface area contributed by atoms with Crippen LogP contribution >= 0.6 is 12.4 Å². The molecule has 2 N–H and O–H groups in total. The maximum Gasteiger partial charge on any atom is 0.0917 e. The van der Waals surface area contributed by atoms with Gasteiger partial charge in [0.15, 0.2) is 0 Å². The fraction of sp³-hybridized carbons (Fsp3) is 1.00. The molecule has 7 heavy (non-hydrogen) atoms. The minimum atomic E-state index is -0.350. The van der Waals surface area contributed by atoms with Crippen molar-refractivity contribution >= 4 is 12.4 Å². The smallest absolute Gasteiger partial charge is 0.0917 e. The first kappa shape index (κ1) is 10.2. The molecule has 0 unspecified atom stereocenters. The SMILES string of the molecule is Cl.NOCCCF. The van der Waals surface area contributed by atoms with Gasteiger partial charge < -0.3 is 4.84 Å². The van der Waals surface area contributed by atoms with Crippen molar-refractivity contribution in [1.82, 2.24) is 0 Å². The fourth-order valence-electron chi connectivity index (χ4n) is 0.138. The maximum atomic E-state index is 11.0. The summed E-state index contributed by atoms with van der Waals surface area (Å²) in [6, 6.07) is 0. The standard InChI is InChI=1S/C3H8FNO.ClH/c4-2-1-3-6-5;/h1-3,5H2;1H. The predicted molar refractivity (Wildman–Crippen MR) is 28.0 cm³/mol. The van der Waals surface area contributed by atoms with Gasteiger partial charge in [0.25, 0.3) is 0 Å². The number of rotatable bonds is 3. The van der Waals surface area contributed by atoms with Crippen molar-refractivity contribution in [3.05, 3.63) is 0 Å². The zero-order valence-corrected chi connectivity index (χ0v) is 4.71. The molecule has 0 aliphatic heterocycles. The molecule has 0 aliphatic carbocycles. The average Bonchev–Trinajstić information content (AvgIpc) is 1.61. The van der Waals surface area contributed by atoms with Crippen molar-refractivity contribution in [2.75, 3.05) is 13.3 Å². The minimum absolute atomic E-state index is 0. The first-order valence-electron chi connectivity index (χ1n) is 1.79. The third-order valence-electron chi connectivity index (χ3n) is 0.396. The summed E-state index contributed by atoms with van der Waals surface area (Å²) in [5.41, 5.74) is 0. The summed E-state index contributed by atoms with van der Waals surface area (Å²) in [5.74, 6) is 4.55. The quantitative estimate of drug-likeness (QED) is 0.449. The van der Waals surface area contributed by atoms with Crippen LogP contribution in [0.5, 0.6) is 0 Å². The summed E-state index contributed by atoms with van der Waals surface area (Å²) in [5, 5.41) is 0. The summed E-state index contributed by atoms with van der Waals surface area (Å²) < 4.78 is 11.0. The highest BCUT2D eigenvalue weighted by Crippen LogP contribution is 1.76. The predicted octanol–water partition coefficient (Wildman–Crippen LogP) is 0.658. The molecule has 0 radical (unpaired) electrons. The number of halogens is 2. The van der Waals surface area contributed by atoms with Crippen LogP contribution in [0.25, 0.3) is 0 Å². The Hall–Kier alpha value is 0.140. The Morgan fingerprint density at radius 1 is 1.57 bits per heavy atom. The van der Waals surface area contributed by atoms with Gasteiger partial charge in [0.2, 0.25) is 0 Å². The molecule has 0 saturated carbocycles. The largest absolute Gasteiger partial charge is 0.305 e. The van der Waals surface area contributed by atoms with E-state index in [0.29, 0.717) is 13.0 Å². The van der Waals surface area contributed by atoms with Gasteiger partial charge in [0.05, 0.1) is 13.3 Å². The molecule has 0 aromatic rings. The van der Waals surface area contributed by atoms with E-state index in [2.05, 4.69) is 10.7 Å². The van der Waals surface area contributed by atoms with Gasteiger partial charge in [-0.2, -0.15) is 0 Å². The highest BCUT2D eigenvalue weighted by molar-refractivity contribution is 5.85. The van der Waals surface area contributed by atoms with E-state index in [9.17, 15) is 4.39 Å². The van der Waals surface area contributed by atoms with Crippen LogP contribution in [0.1, 0.15) is 6.42 Å². The number of nitrogens with two attached hydrogens (primary N) is 1. The average molecular weight is 130 g/mol. The van der Waals surface area contributed by atoms with Crippen LogP contribution in [0.15, 0.2) is 0 Å². The Balaban J connectivity index is 0. The molecule has 0 fully saturated rings. The topological polar surface area (TPSA) is 35.2 Å². The number of hydrogen-bond donors (Lipinski definition) is 1. The van der Waals surface area contributed by atoms with E-state index in [1.165, 1.54) is 0 Å².